The van der Waals surface area contributed by atoms with Gasteiger partial charge in [-0.15, -0.1) is 0 Å². The molecule has 4 bridgehead atoms. The molecule has 0 radical (unpaired) electrons. The van der Waals surface area contributed by atoms with Gasteiger partial charge in [-0.1, -0.05) is 6.42 Å². The molecule has 0 aromatic heterocycles. The van der Waals surface area contributed by atoms with Crippen molar-refractivity contribution in [3.8, 4) is 0 Å². The summed E-state index contributed by atoms with van der Waals surface area (Å²) in [6, 6.07) is 0.755. The number of hydrogen-bond donors (Lipinski definition) is 2. The van der Waals surface area contributed by atoms with E-state index in [1.54, 1.807) is 32.1 Å². The lowest BCUT2D eigenvalue weighted by molar-refractivity contribution is -0.0355. The maximum absolute atomic E-state index is 3.82. The predicted octanol–water partition coefficient (Wildman–Crippen LogP) is 2.79. The molecule has 0 amide bonds. The van der Waals surface area contributed by atoms with Gasteiger partial charge in [0.05, 0.1) is 0 Å². The van der Waals surface area contributed by atoms with Crippen LogP contribution >= 0.6 is 0 Å². The zero-order chi connectivity index (χ0) is 12.7. The average Bonchev–Trinajstić information content (AvgIpc) is 2.42. The number of hydrogen-bond acceptors (Lipinski definition) is 2. The van der Waals surface area contributed by atoms with Crippen molar-refractivity contribution < 1.29 is 0 Å². The van der Waals surface area contributed by atoms with Gasteiger partial charge in [0.25, 0.3) is 0 Å². The van der Waals surface area contributed by atoms with Gasteiger partial charge >= 0.3 is 0 Å². The van der Waals surface area contributed by atoms with Crippen molar-refractivity contribution in [1.82, 2.24) is 10.6 Å². The molecule has 0 spiro atoms. The zero-order valence-electron chi connectivity index (χ0n) is 12.2. The first-order valence-electron chi connectivity index (χ1n) is 8.82. The molecule has 2 heteroatoms. The molecule has 5 aliphatic rings. The van der Waals surface area contributed by atoms with E-state index in [1.165, 1.54) is 38.9 Å². The van der Waals surface area contributed by atoms with Crippen LogP contribution in [0.15, 0.2) is 0 Å². The Kier molecular flexibility index (Phi) is 3.57. The van der Waals surface area contributed by atoms with Crippen LogP contribution in [0.3, 0.4) is 0 Å². The molecule has 0 aromatic rings. The van der Waals surface area contributed by atoms with Crippen LogP contribution in [-0.2, 0) is 0 Å². The van der Waals surface area contributed by atoms with E-state index in [0.29, 0.717) is 0 Å². The highest BCUT2D eigenvalue weighted by Crippen LogP contribution is 2.56. The molecule has 5 fully saturated rings. The molecule has 19 heavy (non-hydrogen) atoms. The summed E-state index contributed by atoms with van der Waals surface area (Å²) < 4.78 is 0. The summed E-state index contributed by atoms with van der Waals surface area (Å²) in [5.74, 6) is 5.44. The molecule has 1 unspecified atom stereocenters. The summed E-state index contributed by atoms with van der Waals surface area (Å²) in [6.45, 7) is 3.76. The summed E-state index contributed by atoms with van der Waals surface area (Å²) >= 11 is 0. The minimum absolute atomic E-state index is 0.755. The largest absolute Gasteiger partial charge is 0.315 e. The molecule has 2 nitrogen and oxygen atoms in total. The number of rotatable bonds is 4. The normalized spacial score (nSPS) is 48.6. The van der Waals surface area contributed by atoms with Crippen molar-refractivity contribution >= 4 is 0 Å². The van der Waals surface area contributed by atoms with Crippen LogP contribution in [-0.4, -0.2) is 25.7 Å². The topological polar surface area (TPSA) is 24.1 Å². The highest BCUT2D eigenvalue weighted by atomic mass is 15.0. The Morgan fingerprint density at radius 2 is 1.58 bits per heavy atom. The van der Waals surface area contributed by atoms with Crippen LogP contribution in [0.25, 0.3) is 0 Å². The molecule has 1 heterocycles. The van der Waals surface area contributed by atoms with Gasteiger partial charge in [-0.3, -0.25) is 0 Å². The summed E-state index contributed by atoms with van der Waals surface area (Å²) in [7, 11) is 0. The standard InChI is InChI=1S/C17H30N2/c1-2-4-19-16(3-1)10-18-11-17-14-6-12-5-13(8-14)9-15(17)7-12/h12-19H,1-11H2. The van der Waals surface area contributed by atoms with Crippen LogP contribution < -0.4 is 10.6 Å². The van der Waals surface area contributed by atoms with E-state index in [9.17, 15) is 0 Å². The summed E-state index contributed by atoms with van der Waals surface area (Å²) in [5, 5.41) is 7.48. The maximum atomic E-state index is 3.82. The van der Waals surface area contributed by atoms with Crippen molar-refractivity contribution in [3.05, 3.63) is 0 Å². The van der Waals surface area contributed by atoms with Gasteiger partial charge in [0.1, 0.15) is 0 Å². The Morgan fingerprint density at radius 1 is 0.842 bits per heavy atom. The molecular formula is C17H30N2. The van der Waals surface area contributed by atoms with Crippen LogP contribution in [0, 0.1) is 29.6 Å². The summed E-state index contributed by atoms with van der Waals surface area (Å²) in [6.07, 6.45) is 12.1. The predicted molar refractivity (Wildman–Crippen MR) is 79.0 cm³/mol. The monoisotopic (exact) mass is 262 g/mol. The SMILES string of the molecule is C1CCC(CNCC2C3CC4CC(C3)CC2C4)NC1. The van der Waals surface area contributed by atoms with Gasteiger partial charge in [-0.25, -0.2) is 0 Å². The highest BCUT2D eigenvalue weighted by Gasteiger charge is 2.47. The van der Waals surface area contributed by atoms with Crippen molar-refractivity contribution in [1.29, 1.82) is 0 Å². The first kappa shape index (κ1) is 12.6. The van der Waals surface area contributed by atoms with Gasteiger partial charge in [0.15, 0.2) is 0 Å². The first-order valence-corrected chi connectivity index (χ1v) is 8.82. The molecule has 1 atom stereocenters. The molecule has 1 saturated heterocycles. The number of nitrogens with one attached hydrogen (secondary N) is 2. The van der Waals surface area contributed by atoms with E-state index in [2.05, 4.69) is 10.6 Å². The van der Waals surface area contributed by atoms with Gasteiger partial charge < -0.3 is 10.6 Å². The van der Waals surface area contributed by atoms with Crippen molar-refractivity contribution in [2.24, 2.45) is 29.6 Å². The third kappa shape index (κ3) is 2.58. The van der Waals surface area contributed by atoms with Crippen LogP contribution in [0.2, 0.25) is 0 Å². The Hall–Kier alpha value is -0.0800. The minimum Gasteiger partial charge on any atom is -0.315 e. The van der Waals surface area contributed by atoms with Crippen molar-refractivity contribution in [3.63, 3.8) is 0 Å². The van der Waals surface area contributed by atoms with E-state index in [0.717, 1.165) is 35.6 Å². The molecule has 108 valence electrons. The summed E-state index contributed by atoms with van der Waals surface area (Å²) in [4.78, 5) is 0. The third-order valence-electron chi connectivity index (χ3n) is 6.61. The molecule has 1 aliphatic heterocycles. The number of piperidine rings is 1. The molecule has 4 saturated carbocycles. The average molecular weight is 262 g/mol. The molecule has 2 N–H and O–H groups in total. The van der Waals surface area contributed by atoms with Crippen LogP contribution in [0.5, 0.6) is 0 Å². The quantitative estimate of drug-likeness (QED) is 0.814. The van der Waals surface area contributed by atoms with Gasteiger partial charge in [-0.05, 0) is 87.6 Å². The van der Waals surface area contributed by atoms with Crippen LogP contribution in [0.1, 0.15) is 51.4 Å². The molecule has 5 rings (SSSR count). The maximum Gasteiger partial charge on any atom is 0.0192 e. The first-order chi connectivity index (χ1) is 9.38. The van der Waals surface area contributed by atoms with Crippen LogP contribution in [0.4, 0.5) is 0 Å². The fourth-order valence-corrected chi connectivity index (χ4v) is 5.89. The van der Waals surface area contributed by atoms with Gasteiger partial charge in [0, 0.05) is 12.6 Å². The lowest BCUT2D eigenvalue weighted by Gasteiger charge is -2.54. The smallest absolute Gasteiger partial charge is 0.0192 e. The Labute approximate surface area is 118 Å². The van der Waals surface area contributed by atoms with E-state index in [1.807, 2.05) is 0 Å². The van der Waals surface area contributed by atoms with E-state index in [-0.39, 0.29) is 0 Å². The lowest BCUT2D eigenvalue weighted by atomic mass is 9.52. The fourth-order valence-electron chi connectivity index (χ4n) is 5.89. The van der Waals surface area contributed by atoms with Crippen molar-refractivity contribution in [2.75, 3.05) is 19.6 Å². The molecule has 0 aromatic carbocycles. The second-order valence-corrected chi connectivity index (χ2v) is 7.90. The Morgan fingerprint density at radius 3 is 2.21 bits per heavy atom. The summed E-state index contributed by atoms with van der Waals surface area (Å²) in [5.41, 5.74) is 0. The van der Waals surface area contributed by atoms with E-state index in [4.69, 9.17) is 0 Å². The van der Waals surface area contributed by atoms with E-state index >= 15 is 0 Å². The lowest BCUT2D eigenvalue weighted by Crippen LogP contribution is -2.50. The second-order valence-electron chi connectivity index (χ2n) is 7.90. The Balaban J connectivity index is 1.26. The zero-order valence-corrected chi connectivity index (χ0v) is 12.2. The molecular weight excluding hydrogens is 232 g/mol. The molecule has 4 aliphatic carbocycles. The Bertz CT molecular complexity index is 280. The van der Waals surface area contributed by atoms with Crippen molar-refractivity contribution in [2.45, 2.75) is 57.4 Å². The third-order valence-corrected chi connectivity index (χ3v) is 6.61. The minimum atomic E-state index is 0.755. The van der Waals surface area contributed by atoms with E-state index < -0.39 is 0 Å². The highest BCUT2D eigenvalue weighted by molar-refractivity contribution is 4.98. The van der Waals surface area contributed by atoms with Gasteiger partial charge in [-0.2, -0.15) is 0 Å². The fraction of sp³-hybridized carbons (Fsp3) is 1.00. The van der Waals surface area contributed by atoms with Gasteiger partial charge in [0.2, 0.25) is 0 Å². The second kappa shape index (κ2) is 5.37.